The molecule has 5 fully saturated rings. The Morgan fingerprint density at radius 2 is 0.805 bits per heavy atom. The molecular formula is C77H101I8N23O20. The van der Waals surface area contributed by atoms with Crippen LogP contribution in [0.25, 0.3) is 0 Å². The molecule has 0 saturated carbocycles. The third kappa shape index (κ3) is 34.3. The van der Waals surface area contributed by atoms with Crippen LogP contribution >= 0.6 is 181 Å². The van der Waals surface area contributed by atoms with Crippen LogP contribution in [0.15, 0.2) is 42.9 Å². The van der Waals surface area contributed by atoms with Crippen molar-refractivity contribution in [3.05, 3.63) is 107 Å². The third-order valence-electron chi connectivity index (χ3n) is 19.3. The minimum absolute atomic E-state index is 0.0946. The Labute approximate surface area is 844 Å². The quantitative estimate of drug-likeness (QED) is 0.0229. The maximum absolute atomic E-state index is 13.6. The van der Waals surface area contributed by atoms with E-state index in [1.165, 1.54) is 27.2 Å². The summed E-state index contributed by atoms with van der Waals surface area (Å²) in [5, 5.41) is 33.7. The second-order valence-corrected chi connectivity index (χ2v) is 40.9. The van der Waals surface area contributed by atoms with E-state index in [1.54, 1.807) is 67.2 Å². The number of ether oxygens (including phenoxy) is 3. The zero-order valence-electron chi connectivity index (χ0n) is 70.8. The monoisotopic (exact) mass is 2680 g/mol. The minimum atomic E-state index is -1.13. The number of imidazole rings is 5. The zero-order valence-corrected chi connectivity index (χ0v) is 88.0. The maximum Gasteiger partial charge on any atom is 0.408 e. The summed E-state index contributed by atoms with van der Waals surface area (Å²) in [4.78, 5) is 225. The fourth-order valence-corrected chi connectivity index (χ4v) is 20.2. The summed E-state index contributed by atoms with van der Waals surface area (Å²) in [6, 6.07) is 1.29. The number of carboxylic acid groups (broad SMARTS) is 2. The van der Waals surface area contributed by atoms with Gasteiger partial charge < -0.3 is 118 Å². The van der Waals surface area contributed by atoms with Gasteiger partial charge in [0, 0.05) is 83.0 Å². The molecule has 43 nitrogen and oxygen atoms in total. The summed E-state index contributed by atoms with van der Waals surface area (Å²) >= 11 is 16.4. The molecule has 10 unspecified atom stereocenters. The van der Waals surface area contributed by atoms with Gasteiger partial charge >= 0.3 is 30.2 Å². The van der Waals surface area contributed by atoms with Gasteiger partial charge in [0.2, 0.25) is 59.1 Å². The summed E-state index contributed by atoms with van der Waals surface area (Å²) in [7, 11) is 0. The number of nitrogens with two attached hydrogens (primary N) is 3. The molecule has 0 bridgehead atoms. The number of halogens is 8. The summed E-state index contributed by atoms with van der Waals surface area (Å²) in [6.45, 7) is 17.0. The van der Waals surface area contributed by atoms with E-state index in [0.29, 0.717) is 130 Å². The molecule has 5 aliphatic rings. The van der Waals surface area contributed by atoms with E-state index in [2.05, 4.69) is 172 Å². The summed E-state index contributed by atoms with van der Waals surface area (Å²) < 4.78 is 20.8. The molecule has 0 radical (unpaired) electrons. The largest absolute Gasteiger partial charge is 0.480 e. The molecule has 5 aromatic heterocycles. The molecule has 5 saturated heterocycles. The van der Waals surface area contributed by atoms with E-state index in [0.717, 1.165) is 11.3 Å². The number of primary amides is 3. The molecule has 11 rings (SSSR count). The summed E-state index contributed by atoms with van der Waals surface area (Å²) in [5.41, 5.74) is 18.7. The smallest absolute Gasteiger partial charge is 0.408 e. The van der Waals surface area contributed by atoms with Gasteiger partial charge in [-0.25, -0.2) is 48.9 Å². The van der Waals surface area contributed by atoms with Crippen molar-refractivity contribution in [2.45, 2.75) is 242 Å². The van der Waals surface area contributed by atoms with Gasteiger partial charge in [0.05, 0.1) is 29.1 Å². The number of alkyl carbamates (subject to hydrolysis) is 3. The SMILES string of the molecule is CC(C)(C)OC(=O)NC(Cc1[nH]c(I)nc1I)C(=O)N1CCCC1C(N)=O.CC(C)(C)OC(=O)NC(Cc1[nH]c(I)nc1I)C(=O)O.CC(C)(C)OC(=O)NC(Cc1cnc[nH]1)C(=O)O.NC(=O)C1CCCN1C(=O)C(Cc1[nH]c(I)nc1I)NC(=O)C1CCC(=O)N1.NC(=O)C1CCCN1C(=O)C(Cc1[nH]c(I)nc1I)NC(=O)C1CCC(=O)N1Cc1ccccc1. The topological polar surface area (TPSA) is 631 Å². The van der Waals surface area contributed by atoms with Crippen molar-refractivity contribution < 1.29 is 96.3 Å². The van der Waals surface area contributed by atoms with Gasteiger partial charge in [0.1, 0.15) is 92.0 Å². The lowest BCUT2D eigenvalue weighted by atomic mass is 10.1. The number of benzene rings is 1. The van der Waals surface area contributed by atoms with Crippen LogP contribution in [0.3, 0.4) is 0 Å². The van der Waals surface area contributed by atoms with Crippen molar-refractivity contribution in [1.29, 1.82) is 0 Å². The molecule has 128 heavy (non-hydrogen) atoms. The van der Waals surface area contributed by atoms with Gasteiger partial charge in [-0.3, -0.25) is 47.9 Å². The number of nitrogens with one attached hydrogen (secondary N) is 11. The first-order valence-corrected chi connectivity index (χ1v) is 48.5. The summed E-state index contributed by atoms with van der Waals surface area (Å²) in [6.07, 6.45) is 6.47. The molecule has 51 heteroatoms. The van der Waals surface area contributed by atoms with Crippen LogP contribution in [0.2, 0.25) is 0 Å². The Balaban J connectivity index is 0.000000224. The number of amides is 13. The van der Waals surface area contributed by atoms with Crippen molar-refractivity contribution in [1.82, 2.24) is 101 Å². The molecule has 13 amide bonds. The molecule has 700 valence electrons. The molecule has 19 N–H and O–H groups in total. The van der Waals surface area contributed by atoms with Crippen LogP contribution in [0, 0.1) is 30.1 Å². The number of aromatic nitrogens is 10. The predicted molar refractivity (Wildman–Crippen MR) is 525 cm³/mol. The van der Waals surface area contributed by atoms with Crippen LogP contribution < -0.4 is 49.1 Å². The fraction of sp³-hybridized carbons (Fsp3) is 0.532. The van der Waals surface area contributed by atoms with Gasteiger partial charge in [-0.15, -0.1) is 0 Å². The number of carbonyl (C=O) groups is 15. The molecular weight excluding hydrogens is 2580 g/mol. The number of hydrogen-bond acceptors (Lipinski definition) is 23. The van der Waals surface area contributed by atoms with Gasteiger partial charge in [-0.1, -0.05) is 30.3 Å². The number of carboxylic acids is 2. The molecule has 0 spiro atoms. The van der Waals surface area contributed by atoms with E-state index in [9.17, 15) is 77.0 Å². The Morgan fingerprint density at radius 3 is 1.12 bits per heavy atom. The van der Waals surface area contributed by atoms with Gasteiger partial charge in [0.15, 0.2) is 15.3 Å². The van der Waals surface area contributed by atoms with Crippen molar-refractivity contribution in [2.75, 3.05) is 19.6 Å². The number of H-pyrrole nitrogens is 5. The Morgan fingerprint density at radius 1 is 0.461 bits per heavy atom. The highest BCUT2D eigenvalue weighted by molar-refractivity contribution is 14.1. The molecule has 5 aliphatic heterocycles. The number of nitrogens with zero attached hydrogens (tertiary/aromatic N) is 9. The lowest BCUT2D eigenvalue weighted by Gasteiger charge is -2.30. The first-order chi connectivity index (χ1) is 59.8. The zero-order chi connectivity index (χ0) is 95.1. The van der Waals surface area contributed by atoms with Crippen molar-refractivity contribution in [3.8, 4) is 0 Å². The van der Waals surface area contributed by atoms with Gasteiger partial charge in [-0.05, 0) is 300 Å². The highest BCUT2D eigenvalue weighted by Crippen LogP contribution is 2.28. The van der Waals surface area contributed by atoms with E-state index < -0.39 is 131 Å². The third-order valence-corrected chi connectivity index (χ3v) is 24.9. The van der Waals surface area contributed by atoms with Gasteiger partial charge in [-0.2, -0.15) is 0 Å². The van der Waals surface area contributed by atoms with E-state index in [4.69, 9.17) is 36.5 Å². The average Bonchev–Trinajstić information content (AvgIpc) is 1.66. The number of rotatable bonds is 27. The standard InChI is InChI=1S/C23H26I2N6O4.C16H20I2N6O4.C16H23I2N5O4.C11H15I2N3O4.C11H17N3O4/c24-19-14(28-23(25)29-19)11-15(22(35)30-10-4-7-16(30)20(26)33)27-21(34)17-8-9-18(32)31(17)12-13-5-2-1-3-6-13;17-12-8(22-16(18)23-12)6-9(21-14(27)7-3-4-11(25)20-7)15(28)24-5-1-2-10(24)13(19)26;1-16(2,3)27-15(26)21-9(7-8-11(17)22-14(18)20-8)13(25)23-6-4-5-10(23)12(19)24;1-11(2,3)20-10(19)15-6(8(17)18)4-5-7(12)16-9(13)14-5;1-11(2,3)18-10(17)14-8(9(15)16)4-7-5-12-6-13-7/h1-3,5-6,15-17H,4,7-12H2,(H2,26,33)(H,27,34)(H,28,29);7,9-10H,1-6H2,(H2,19,26)(H,20,25)(H,21,27)(H,22,23);9-10H,4-7H2,1-3H3,(H2,19,24)(H,20,22)(H,21,26);6H,4H2,1-3H3,(H,14,16)(H,15,19)(H,17,18);5-6,8H,4H2,1-3H3,(H,12,13)(H,14,17)(H,15,16). The number of hydrogen-bond donors (Lipinski definition) is 16. The highest BCUT2D eigenvalue weighted by Gasteiger charge is 2.44. The van der Waals surface area contributed by atoms with E-state index in [-0.39, 0.29) is 80.4 Å². The lowest BCUT2D eigenvalue weighted by molar-refractivity contribution is -0.142. The summed E-state index contributed by atoms with van der Waals surface area (Å²) in [5.74, 6) is -6.06. The molecule has 10 heterocycles. The highest BCUT2D eigenvalue weighted by atomic mass is 127. The van der Waals surface area contributed by atoms with Crippen molar-refractivity contribution in [3.63, 3.8) is 0 Å². The molecule has 1 aromatic carbocycles. The Kier molecular flexibility index (Phi) is 41.5. The normalized spacial score (nSPS) is 18.3. The van der Waals surface area contributed by atoms with E-state index >= 15 is 0 Å². The van der Waals surface area contributed by atoms with Crippen molar-refractivity contribution >= 4 is 270 Å². The van der Waals surface area contributed by atoms with Crippen LogP contribution in [0.1, 0.15) is 161 Å². The second-order valence-electron chi connectivity index (χ2n) is 32.7. The van der Waals surface area contributed by atoms with Crippen molar-refractivity contribution in [2.24, 2.45) is 17.2 Å². The Hall–Kier alpha value is -7.44. The lowest BCUT2D eigenvalue weighted by Crippen LogP contribution is -2.56. The van der Waals surface area contributed by atoms with Crippen LogP contribution in [0.5, 0.6) is 0 Å². The first kappa shape index (κ1) is 108. The van der Waals surface area contributed by atoms with Crippen LogP contribution in [-0.4, -0.2) is 266 Å². The van der Waals surface area contributed by atoms with Crippen LogP contribution in [-0.2, 0) is 110 Å². The number of likely N-dealkylation sites (tertiary alicyclic amines) is 4. The predicted octanol–water partition coefficient (Wildman–Crippen LogP) is 5.32. The van der Waals surface area contributed by atoms with E-state index in [1.807, 2.05) is 121 Å². The van der Waals surface area contributed by atoms with Crippen LogP contribution in [0.4, 0.5) is 14.4 Å². The number of carbonyl (C=O) groups excluding carboxylic acids is 13. The molecule has 0 aliphatic carbocycles. The fourth-order valence-electron chi connectivity index (χ4n) is 13.7. The van der Waals surface area contributed by atoms with Gasteiger partial charge in [0.25, 0.3) is 0 Å². The maximum atomic E-state index is 13.6. The number of aromatic amines is 5. The average molecular weight is 2680 g/mol. The molecule has 10 atom stereocenters. The second kappa shape index (κ2) is 49.3. The molecule has 6 aromatic rings. The number of aliphatic carboxylic acids is 2. The minimum Gasteiger partial charge on any atom is -0.480 e. The Bertz CT molecular complexity index is 4960. The first-order valence-electron chi connectivity index (χ1n) is 39.9.